The zero-order chi connectivity index (χ0) is 13.9. The predicted octanol–water partition coefficient (Wildman–Crippen LogP) is 1.27. The van der Waals surface area contributed by atoms with E-state index in [1.54, 1.807) is 4.90 Å². The molecule has 1 aliphatic rings. The maximum absolute atomic E-state index is 12.0. The number of ether oxygens (including phenoxy) is 1. The predicted molar refractivity (Wildman–Crippen MR) is 72.5 cm³/mol. The zero-order valence-electron chi connectivity index (χ0n) is 12.3. The van der Waals surface area contributed by atoms with Crippen LogP contribution in [0.1, 0.15) is 34.1 Å². The van der Waals surface area contributed by atoms with Crippen LogP contribution in [0.5, 0.6) is 0 Å². The molecule has 2 atom stereocenters. The Balaban J connectivity index is 2.56. The van der Waals surface area contributed by atoms with E-state index in [9.17, 15) is 4.79 Å². The van der Waals surface area contributed by atoms with Crippen LogP contribution in [-0.2, 0) is 4.74 Å². The summed E-state index contributed by atoms with van der Waals surface area (Å²) >= 11 is 0. The number of carbonyl (C=O) groups is 1. The number of rotatable bonds is 2. The molecule has 18 heavy (non-hydrogen) atoms. The van der Waals surface area contributed by atoms with Gasteiger partial charge >= 0.3 is 6.09 Å². The summed E-state index contributed by atoms with van der Waals surface area (Å²) in [6.45, 7) is 9.96. The highest BCUT2D eigenvalue weighted by Crippen LogP contribution is 2.16. The summed E-state index contributed by atoms with van der Waals surface area (Å²) in [5.74, 6) is 0. The highest BCUT2D eigenvalue weighted by Gasteiger charge is 2.30. The molecule has 0 aliphatic carbocycles. The van der Waals surface area contributed by atoms with Gasteiger partial charge in [0.15, 0.2) is 0 Å². The molecule has 5 heteroatoms. The molecule has 0 aromatic rings. The molecule has 5 nitrogen and oxygen atoms in total. The Hall–Kier alpha value is -0.810. The third-order valence-corrected chi connectivity index (χ3v) is 3.07. The van der Waals surface area contributed by atoms with Crippen LogP contribution < -0.4 is 5.73 Å². The van der Waals surface area contributed by atoms with Crippen molar-refractivity contribution >= 4 is 6.09 Å². The first-order valence-corrected chi connectivity index (χ1v) is 6.63. The molecule has 0 saturated carbocycles. The standard InChI is InChI=1S/C13H27N3O2/c1-10(14)8-11-9-16(7-6-15(11)5)12(17)18-13(2,3)4/h10-11H,6-9,14H2,1-5H3. The van der Waals surface area contributed by atoms with Crippen LogP contribution in [-0.4, -0.2) is 60.3 Å². The summed E-state index contributed by atoms with van der Waals surface area (Å²) in [6, 6.07) is 0.474. The van der Waals surface area contributed by atoms with Gasteiger partial charge in [0.25, 0.3) is 0 Å². The van der Waals surface area contributed by atoms with Crippen molar-refractivity contribution in [2.75, 3.05) is 26.7 Å². The minimum atomic E-state index is -0.433. The number of carbonyl (C=O) groups excluding carboxylic acids is 1. The smallest absolute Gasteiger partial charge is 0.410 e. The van der Waals surface area contributed by atoms with Crippen molar-refractivity contribution in [3.63, 3.8) is 0 Å². The number of hydrogen-bond acceptors (Lipinski definition) is 4. The summed E-state index contributed by atoms with van der Waals surface area (Å²) in [5.41, 5.74) is 5.41. The number of nitrogens with zero attached hydrogens (tertiary/aromatic N) is 2. The topological polar surface area (TPSA) is 58.8 Å². The fourth-order valence-electron chi connectivity index (χ4n) is 2.12. The molecular weight excluding hydrogens is 230 g/mol. The third-order valence-electron chi connectivity index (χ3n) is 3.07. The minimum absolute atomic E-state index is 0.149. The van der Waals surface area contributed by atoms with Crippen molar-refractivity contribution in [3.05, 3.63) is 0 Å². The molecular formula is C13H27N3O2. The largest absolute Gasteiger partial charge is 0.444 e. The van der Waals surface area contributed by atoms with E-state index in [0.717, 1.165) is 19.5 Å². The van der Waals surface area contributed by atoms with Gasteiger partial charge < -0.3 is 15.4 Å². The molecule has 1 rings (SSSR count). The summed E-state index contributed by atoms with van der Waals surface area (Å²) in [6.07, 6.45) is 0.681. The quantitative estimate of drug-likeness (QED) is 0.809. The maximum atomic E-state index is 12.0. The average molecular weight is 257 g/mol. The molecule has 0 aromatic carbocycles. The van der Waals surface area contributed by atoms with Gasteiger partial charge in [-0.3, -0.25) is 4.90 Å². The monoisotopic (exact) mass is 257 g/mol. The highest BCUT2D eigenvalue weighted by molar-refractivity contribution is 5.68. The number of amides is 1. The lowest BCUT2D eigenvalue weighted by Gasteiger charge is -2.40. The van der Waals surface area contributed by atoms with E-state index in [4.69, 9.17) is 10.5 Å². The first kappa shape index (κ1) is 15.2. The van der Waals surface area contributed by atoms with Crippen LogP contribution in [0.2, 0.25) is 0 Å². The van der Waals surface area contributed by atoms with Crippen molar-refractivity contribution in [2.45, 2.75) is 51.8 Å². The molecule has 106 valence electrons. The molecule has 0 spiro atoms. The Bertz CT molecular complexity index is 286. The van der Waals surface area contributed by atoms with Crippen molar-refractivity contribution in [1.29, 1.82) is 0 Å². The molecule has 1 saturated heterocycles. The van der Waals surface area contributed by atoms with Crippen LogP contribution >= 0.6 is 0 Å². The Labute approximate surface area is 110 Å². The minimum Gasteiger partial charge on any atom is -0.444 e. The van der Waals surface area contributed by atoms with Gasteiger partial charge in [0.05, 0.1) is 0 Å². The van der Waals surface area contributed by atoms with Gasteiger partial charge in [-0.25, -0.2) is 4.79 Å². The molecule has 2 unspecified atom stereocenters. The molecule has 1 amide bonds. The van der Waals surface area contributed by atoms with Gasteiger partial charge in [-0.2, -0.15) is 0 Å². The van der Waals surface area contributed by atoms with Crippen molar-refractivity contribution in [1.82, 2.24) is 9.80 Å². The fraction of sp³-hybridized carbons (Fsp3) is 0.923. The SMILES string of the molecule is CC(N)CC1CN(C(=O)OC(C)(C)C)CCN1C. The van der Waals surface area contributed by atoms with Crippen LogP contribution in [0.4, 0.5) is 4.79 Å². The van der Waals surface area contributed by atoms with Crippen molar-refractivity contribution in [3.8, 4) is 0 Å². The van der Waals surface area contributed by atoms with Crippen LogP contribution in [0, 0.1) is 0 Å². The van der Waals surface area contributed by atoms with E-state index in [1.165, 1.54) is 0 Å². The normalized spacial score (nSPS) is 23.9. The highest BCUT2D eigenvalue weighted by atomic mass is 16.6. The second kappa shape index (κ2) is 5.89. The number of likely N-dealkylation sites (N-methyl/N-ethyl adjacent to an activating group) is 1. The molecule has 1 fully saturated rings. The number of nitrogens with two attached hydrogens (primary N) is 1. The van der Waals surface area contributed by atoms with Gasteiger partial charge in [-0.1, -0.05) is 0 Å². The lowest BCUT2D eigenvalue weighted by molar-refractivity contribution is 0.00626. The van der Waals surface area contributed by atoms with Crippen molar-refractivity contribution < 1.29 is 9.53 Å². The number of piperazine rings is 1. The number of hydrogen-bond donors (Lipinski definition) is 1. The molecule has 2 N–H and O–H groups in total. The molecule has 1 heterocycles. The van der Waals surface area contributed by atoms with Crippen molar-refractivity contribution in [2.24, 2.45) is 5.73 Å². The Morgan fingerprint density at radius 3 is 2.56 bits per heavy atom. The van der Waals surface area contributed by atoms with Crippen LogP contribution in [0.3, 0.4) is 0 Å². The summed E-state index contributed by atoms with van der Waals surface area (Å²) < 4.78 is 5.40. The second-order valence-corrected chi connectivity index (χ2v) is 6.27. The van der Waals surface area contributed by atoms with Gasteiger partial charge in [0, 0.05) is 31.7 Å². The Kier molecular flexibility index (Phi) is 4.99. The van der Waals surface area contributed by atoms with Crippen LogP contribution in [0.25, 0.3) is 0 Å². The maximum Gasteiger partial charge on any atom is 0.410 e. The fourth-order valence-corrected chi connectivity index (χ4v) is 2.12. The van der Waals surface area contributed by atoms with E-state index in [-0.39, 0.29) is 12.1 Å². The van der Waals surface area contributed by atoms with Gasteiger partial charge in [0.1, 0.15) is 5.60 Å². The summed E-state index contributed by atoms with van der Waals surface area (Å²) in [7, 11) is 2.08. The van der Waals surface area contributed by atoms with E-state index < -0.39 is 5.60 Å². The molecule has 0 radical (unpaired) electrons. The summed E-state index contributed by atoms with van der Waals surface area (Å²) in [5, 5.41) is 0. The first-order chi connectivity index (χ1) is 8.19. The van der Waals surface area contributed by atoms with E-state index in [1.807, 2.05) is 27.7 Å². The molecule has 1 aliphatic heterocycles. The Morgan fingerprint density at radius 2 is 2.06 bits per heavy atom. The first-order valence-electron chi connectivity index (χ1n) is 6.63. The van der Waals surface area contributed by atoms with E-state index >= 15 is 0 Å². The lowest BCUT2D eigenvalue weighted by Crippen LogP contribution is -2.55. The molecule has 0 bridgehead atoms. The van der Waals surface area contributed by atoms with Gasteiger partial charge in [0.2, 0.25) is 0 Å². The third kappa shape index (κ3) is 4.82. The van der Waals surface area contributed by atoms with Gasteiger partial charge in [-0.05, 0) is 41.2 Å². The van der Waals surface area contributed by atoms with E-state index in [0.29, 0.717) is 12.6 Å². The molecule has 0 aromatic heterocycles. The second-order valence-electron chi connectivity index (χ2n) is 6.27. The lowest BCUT2D eigenvalue weighted by atomic mass is 10.1. The van der Waals surface area contributed by atoms with Crippen LogP contribution in [0.15, 0.2) is 0 Å². The summed E-state index contributed by atoms with van der Waals surface area (Å²) in [4.78, 5) is 16.1. The van der Waals surface area contributed by atoms with E-state index in [2.05, 4.69) is 11.9 Å². The zero-order valence-corrected chi connectivity index (χ0v) is 12.3. The average Bonchev–Trinajstić information content (AvgIpc) is 2.17. The van der Waals surface area contributed by atoms with Gasteiger partial charge in [-0.15, -0.1) is 0 Å². The Morgan fingerprint density at radius 1 is 1.44 bits per heavy atom.